The molecule has 0 unspecified atom stereocenters. The summed E-state index contributed by atoms with van der Waals surface area (Å²) in [5, 5.41) is 9.68. The van der Waals surface area contributed by atoms with Gasteiger partial charge in [-0.05, 0) is 25.1 Å². The van der Waals surface area contributed by atoms with Crippen LogP contribution in [0.2, 0.25) is 0 Å². The summed E-state index contributed by atoms with van der Waals surface area (Å²) in [4.78, 5) is 13.7. The number of carbonyl (C=O) groups is 1. The molecule has 0 radical (unpaired) electrons. The minimum atomic E-state index is -3.91. The Bertz CT molecular complexity index is 937. The second-order valence-corrected chi connectivity index (χ2v) is 9.62. The van der Waals surface area contributed by atoms with Crippen LogP contribution in [0.1, 0.15) is 32.8 Å². The van der Waals surface area contributed by atoms with Crippen LogP contribution in [-0.2, 0) is 19.6 Å². The summed E-state index contributed by atoms with van der Waals surface area (Å²) in [7, 11) is -0.656. The van der Waals surface area contributed by atoms with Crippen molar-refractivity contribution in [1.82, 2.24) is 9.21 Å². The Balaban J connectivity index is 2.56. The molecule has 0 aliphatic carbocycles. The summed E-state index contributed by atoms with van der Waals surface area (Å²) >= 11 is 0. The summed E-state index contributed by atoms with van der Waals surface area (Å²) < 4.78 is 39.2. The van der Waals surface area contributed by atoms with Gasteiger partial charge in [0.2, 0.25) is 15.9 Å². The summed E-state index contributed by atoms with van der Waals surface area (Å²) in [5.74, 6) is 5.71. The maximum Gasteiger partial charge on any atom is 0.247 e. The van der Waals surface area contributed by atoms with E-state index in [1.54, 1.807) is 45.0 Å². The third kappa shape index (κ3) is 5.98. The lowest BCUT2D eigenvalue weighted by Gasteiger charge is -2.37. The molecule has 0 fully saturated rings. The number of hydrogen-bond acceptors (Lipinski definition) is 6. The smallest absolute Gasteiger partial charge is 0.247 e. The molecule has 0 saturated heterocycles. The molecule has 1 aliphatic rings. The van der Waals surface area contributed by atoms with E-state index in [2.05, 4.69) is 11.8 Å². The molecule has 1 aliphatic heterocycles. The number of aliphatic hydroxyl groups excluding tert-OH is 1. The highest BCUT2D eigenvalue weighted by atomic mass is 32.2. The van der Waals surface area contributed by atoms with Gasteiger partial charge in [0.05, 0.1) is 13.2 Å². The second kappa shape index (κ2) is 11.0. The van der Waals surface area contributed by atoms with Gasteiger partial charge in [-0.1, -0.05) is 25.7 Å². The van der Waals surface area contributed by atoms with Crippen molar-refractivity contribution in [2.45, 2.75) is 44.2 Å². The summed E-state index contributed by atoms with van der Waals surface area (Å²) in [5.41, 5.74) is 0.595. The Hall–Kier alpha value is -2.12. The zero-order chi connectivity index (χ0) is 23.2. The monoisotopic (exact) mass is 452 g/mol. The first-order chi connectivity index (χ1) is 14.6. The highest BCUT2D eigenvalue weighted by Gasteiger charge is 2.38. The fraction of sp³-hybridized carbons (Fsp3) is 0.591. The first-order valence-electron chi connectivity index (χ1n) is 10.3. The van der Waals surface area contributed by atoms with E-state index in [-0.39, 0.29) is 42.2 Å². The number of methoxy groups -OCH3 is 1. The predicted octanol–water partition coefficient (Wildman–Crippen LogP) is 1.32. The summed E-state index contributed by atoms with van der Waals surface area (Å²) in [6.45, 7) is 5.77. The van der Waals surface area contributed by atoms with E-state index in [4.69, 9.17) is 9.47 Å². The first kappa shape index (κ1) is 25.1. The predicted molar refractivity (Wildman–Crippen MR) is 117 cm³/mol. The maximum atomic E-state index is 13.4. The largest absolute Gasteiger partial charge is 0.487 e. The van der Waals surface area contributed by atoms with Crippen LogP contribution in [-0.4, -0.2) is 81.2 Å². The molecule has 1 aromatic rings. The lowest BCUT2D eigenvalue weighted by Crippen LogP contribution is -2.50. The lowest BCUT2D eigenvalue weighted by molar-refractivity contribution is -0.131. The maximum absolute atomic E-state index is 13.4. The van der Waals surface area contributed by atoms with Gasteiger partial charge in [0, 0.05) is 44.6 Å². The van der Waals surface area contributed by atoms with Gasteiger partial charge in [-0.2, -0.15) is 4.31 Å². The third-order valence-electron chi connectivity index (χ3n) is 5.30. The molecule has 1 heterocycles. The van der Waals surface area contributed by atoms with Crippen molar-refractivity contribution in [2.24, 2.45) is 5.92 Å². The zero-order valence-corrected chi connectivity index (χ0v) is 19.6. The zero-order valence-electron chi connectivity index (χ0n) is 18.8. The van der Waals surface area contributed by atoms with E-state index in [0.717, 1.165) is 0 Å². The van der Waals surface area contributed by atoms with E-state index >= 15 is 0 Å². The fourth-order valence-electron chi connectivity index (χ4n) is 3.37. The molecule has 0 spiro atoms. The average Bonchev–Trinajstić information content (AvgIpc) is 2.75. The Kier molecular flexibility index (Phi) is 8.89. The highest BCUT2D eigenvalue weighted by Crippen LogP contribution is 2.34. The molecular formula is C22H32N2O6S. The van der Waals surface area contributed by atoms with E-state index in [1.807, 2.05) is 6.92 Å². The molecule has 1 amide bonds. The normalized spacial score (nSPS) is 21.5. The number of amides is 1. The molecule has 8 nitrogen and oxygen atoms in total. The van der Waals surface area contributed by atoms with Gasteiger partial charge < -0.3 is 19.5 Å². The molecular weight excluding hydrogens is 420 g/mol. The average molecular weight is 453 g/mol. The van der Waals surface area contributed by atoms with Crippen molar-refractivity contribution in [2.75, 3.05) is 40.5 Å². The topological polar surface area (TPSA) is 96.4 Å². The molecule has 9 heteroatoms. The number of hydrogen-bond donors (Lipinski definition) is 1. The number of aliphatic hydroxyl groups is 1. The summed E-state index contributed by atoms with van der Waals surface area (Å²) in [6, 6.07) is 4.10. The van der Waals surface area contributed by atoms with Crippen molar-refractivity contribution in [3.63, 3.8) is 0 Å². The molecule has 3 atom stereocenters. The fourth-order valence-corrected chi connectivity index (χ4v) is 5.20. The SMILES string of the molecule is CCC(=O)N(C)C[C@@H]1Oc2cc(C#CCOC)ccc2S(=O)(=O)N([C@@H](C)CO)C[C@@H]1C. The number of carbonyl (C=O) groups excluding carboxylic acids is 1. The van der Waals surface area contributed by atoms with Gasteiger partial charge in [-0.25, -0.2) is 8.42 Å². The second-order valence-electron chi connectivity index (χ2n) is 7.76. The van der Waals surface area contributed by atoms with Crippen LogP contribution >= 0.6 is 0 Å². The van der Waals surface area contributed by atoms with E-state index in [9.17, 15) is 18.3 Å². The number of rotatable bonds is 6. The van der Waals surface area contributed by atoms with Gasteiger partial charge in [-0.3, -0.25) is 4.79 Å². The lowest BCUT2D eigenvalue weighted by atomic mass is 10.0. The van der Waals surface area contributed by atoms with Gasteiger partial charge in [0.15, 0.2) is 0 Å². The first-order valence-corrected chi connectivity index (χ1v) is 11.7. The number of likely N-dealkylation sites (N-methyl/N-ethyl adjacent to an activating group) is 1. The number of ether oxygens (including phenoxy) is 2. The third-order valence-corrected chi connectivity index (χ3v) is 7.32. The van der Waals surface area contributed by atoms with Gasteiger partial charge in [0.1, 0.15) is 23.4 Å². The van der Waals surface area contributed by atoms with E-state index in [1.165, 1.54) is 10.4 Å². The van der Waals surface area contributed by atoms with Gasteiger partial charge >= 0.3 is 0 Å². The van der Waals surface area contributed by atoms with Crippen molar-refractivity contribution in [3.8, 4) is 17.6 Å². The number of fused-ring (bicyclic) bond motifs is 1. The van der Waals surface area contributed by atoms with Crippen LogP contribution in [0.3, 0.4) is 0 Å². The van der Waals surface area contributed by atoms with Crippen molar-refractivity contribution in [3.05, 3.63) is 23.8 Å². The van der Waals surface area contributed by atoms with E-state index in [0.29, 0.717) is 18.5 Å². The minimum Gasteiger partial charge on any atom is -0.487 e. The van der Waals surface area contributed by atoms with Crippen LogP contribution in [0.15, 0.2) is 23.1 Å². The molecule has 0 saturated carbocycles. The van der Waals surface area contributed by atoms with Gasteiger partial charge in [-0.15, -0.1) is 0 Å². The molecule has 172 valence electrons. The Morgan fingerprint density at radius 2 is 2.16 bits per heavy atom. The van der Waals surface area contributed by atoms with Crippen LogP contribution < -0.4 is 4.74 Å². The Morgan fingerprint density at radius 3 is 2.77 bits per heavy atom. The van der Waals surface area contributed by atoms with E-state index < -0.39 is 22.2 Å². The molecule has 1 N–H and O–H groups in total. The van der Waals surface area contributed by atoms with Crippen LogP contribution in [0, 0.1) is 17.8 Å². The summed E-state index contributed by atoms with van der Waals surface area (Å²) in [6.07, 6.45) is -0.0690. The van der Waals surface area contributed by atoms with Crippen LogP contribution in [0.4, 0.5) is 0 Å². The Morgan fingerprint density at radius 1 is 1.45 bits per heavy atom. The molecule has 2 rings (SSSR count). The van der Waals surface area contributed by atoms with Crippen molar-refractivity contribution < 1.29 is 27.8 Å². The highest BCUT2D eigenvalue weighted by molar-refractivity contribution is 7.89. The van der Waals surface area contributed by atoms with Crippen molar-refractivity contribution >= 4 is 15.9 Å². The molecule has 0 aromatic heterocycles. The quantitative estimate of drug-likeness (QED) is 0.654. The molecule has 0 bridgehead atoms. The number of nitrogens with zero attached hydrogens (tertiary/aromatic N) is 2. The number of benzene rings is 1. The molecule has 1 aromatic carbocycles. The van der Waals surface area contributed by atoms with Crippen LogP contribution in [0.5, 0.6) is 5.75 Å². The molecule has 31 heavy (non-hydrogen) atoms. The van der Waals surface area contributed by atoms with Gasteiger partial charge in [0.25, 0.3) is 0 Å². The van der Waals surface area contributed by atoms with Crippen molar-refractivity contribution in [1.29, 1.82) is 0 Å². The number of sulfonamides is 1. The Labute approximate surface area is 185 Å². The van der Waals surface area contributed by atoms with Crippen LogP contribution in [0.25, 0.3) is 0 Å². The standard InChI is InChI=1S/C22H32N2O6S/c1-6-22(26)23(4)14-20-16(2)13-24(17(3)15-25)31(27,28)21-10-9-18(8-7-11-29-5)12-19(21)30-20/h9-10,12,16-17,20,25H,6,11,13-15H2,1-5H3/t16-,17-,20-/m0/s1. The minimum absolute atomic E-state index is 0.0199.